The fourth-order valence-electron chi connectivity index (χ4n) is 2.53. The third kappa shape index (κ3) is 2.80. The molecule has 0 bridgehead atoms. The smallest absolute Gasteiger partial charge is 0.411 e. The van der Waals surface area contributed by atoms with Crippen molar-refractivity contribution < 1.29 is 24.2 Å². The third-order valence-electron chi connectivity index (χ3n) is 3.42. The van der Waals surface area contributed by atoms with Crippen molar-refractivity contribution in [2.75, 3.05) is 28.8 Å². The average Bonchev–Trinajstić information content (AvgIpc) is 2.45. The van der Waals surface area contributed by atoms with Crippen LogP contribution in [0.25, 0.3) is 0 Å². The molecule has 1 aliphatic heterocycles. The van der Waals surface area contributed by atoms with Crippen LogP contribution in [0.5, 0.6) is 0 Å². The molecular weight excluding hydrogens is 290 g/mol. The molecule has 0 aliphatic carbocycles. The summed E-state index contributed by atoms with van der Waals surface area (Å²) in [5.41, 5.74) is 1.25. The van der Waals surface area contributed by atoms with Crippen molar-refractivity contribution in [3.63, 3.8) is 0 Å². The third-order valence-corrected chi connectivity index (χ3v) is 3.42. The molecule has 118 valence electrons. The molecule has 1 aliphatic rings. The van der Waals surface area contributed by atoms with Gasteiger partial charge in [-0.15, -0.1) is 0 Å². The number of hydrogen-bond donors (Lipinski definition) is 2. The van der Waals surface area contributed by atoms with Gasteiger partial charge in [0.2, 0.25) is 5.91 Å². The van der Waals surface area contributed by atoms with Crippen LogP contribution in [0.15, 0.2) is 18.2 Å². The van der Waals surface area contributed by atoms with Crippen molar-refractivity contribution in [3.05, 3.63) is 18.2 Å². The van der Waals surface area contributed by atoms with Crippen molar-refractivity contribution in [2.45, 2.75) is 19.9 Å². The number of methoxy groups -OCH3 is 1. The number of amides is 3. The van der Waals surface area contributed by atoms with E-state index in [9.17, 15) is 19.5 Å². The highest BCUT2D eigenvalue weighted by atomic mass is 16.5. The predicted molar refractivity (Wildman–Crippen MR) is 80.5 cm³/mol. The van der Waals surface area contributed by atoms with Gasteiger partial charge in [-0.05, 0) is 25.1 Å². The molecule has 22 heavy (non-hydrogen) atoms. The zero-order chi connectivity index (χ0) is 16.4. The molecular formula is C14H17N3O5. The maximum Gasteiger partial charge on any atom is 0.411 e. The van der Waals surface area contributed by atoms with E-state index in [-0.39, 0.29) is 18.5 Å². The Morgan fingerprint density at radius 2 is 2.00 bits per heavy atom. The molecule has 8 nitrogen and oxygen atoms in total. The minimum Gasteiger partial charge on any atom is -0.465 e. The van der Waals surface area contributed by atoms with Gasteiger partial charge < -0.3 is 14.7 Å². The summed E-state index contributed by atoms with van der Waals surface area (Å²) in [5, 5.41) is 11.8. The summed E-state index contributed by atoms with van der Waals surface area (Å²) in [6.07, 6.45) is -1.74. The SMILES string of the molecule is COC(=O)Nc1ccc2c(c1)N(C(C)=O)C(C)CN2C(=O)O. The average molecular weight is 307 g/mol. The second-order valence-electron chi connectivity index (χ2n) is 4.95. The van der Waals surface area contributed by atoms with Crippen LogP contribution in [0.1, 0.15) is 13.8 Å². The molecule has 1 heterocycles. The molecule has 0 saturated heterocycles. The van der Waals surface area contributed by atoms with E-state index in [1.54, 1.807) is 25.1 Å². The zero-order valence-corrected chi connectivity index (χ0v) is 12.5. The number of nitrogens with one attached hydrogen (secondary N) is 1. The first-order valence-electron chi connectivity index (χ1n) is 6.64. The quantitative estimate of drug-likeness (QED) is 0.827. The molecule has 8 heteroatoms. The first kappa shape index (κ1) is 15.6. The van der Waals surface area contributed by atoms with E-state index in [1.807, 2.05) is 0 Å². The lowest BCUT2D eigenvalue weighted by Crippen LogP contribution is -2.51. The van der Waals surface area contributed by atoms with E-state index >= 15 is 0 Å². The number of benzene rings is 1. The van der Waals surface area contributed by atoms with Gasteiger partial charge >= 0.3 is 12.2 Å². The lowest BCUT2D eigenvalue weighted by atomic mass is 10.1. The van der Waals surface area contributed by atoms with Crippen molar-refractivity contribution in [1.82, 2.24) is 0 Å². The van der Waals surface area contributed by atoms with Gasteiger partial charge in [-0.1, -0.05) is 0 Å². The van der Waals surface area contributed by atoms with Gasteiger partial charge in [-0.2, -0.15) is 0 Å². The number of ether oxygens (including phenoxy) is 1. The lowest BCUT2D eigenvalue weighted by Gasteiger charge is -2.39. The molecule has 0 saturated carbocycles. The Bertz CT molecular complexity index is 631. The van der Waals surface area contributed by atoms with Gasteiger partial charge in [0.05, 0.1) is 24.5 Å². The highest BCUT2D eigenvalue weighted by Gasteiger charge is 2.33. The van der Waals surface area contributed by atoms with E-state index in [0.29, 0.717) is 17.1 Å². The van der Waals surface area contributed by atoms with E-state index < -0.39 is 12.2 Å². The van der Waals surface area contributed by atoms with Crippen molar-refractivity contribution >= 4 is 35.2 Å². The largest absolute Gasteiger partial charge is 0.465 e. The van der Waals surface area contributed by atoms with Crippen LogP contribution in [-0.4, -0.2) is 42.9 Å². The Morgan fingerprint density at radius 3 is 2.55 bits per heavy atom. The van der Waals surface area contributed by atoms with Crippen molar-refractivity contribution in [1.29, 1.82) is 0 Å². The number of rotatable bonds is 1. The second kappa shape index (κ2) is 5.92. The monoisotopic (exact) mass is 307 g/mol. The zero-order valence-electron chi connectivity index (χ0n) is 12.5. The van der Waals surface area contributed by atoms with E-state index in [1.165, 1.54) is 23.8 Å². The van der Waals surface area contributed by atoms with Crippen LogP contribution < -0.4 is 15.1 Å². The molecule has 1 aromatic carbocycles. The summed E-state index contributed by atoms with van der Waals surface area (Å²) < 4.78 is 4.52. The van der Waals surface area contributed by atoms with Gasteiger partial charge in [0.25, 0.3) is 0 Å². The summed E-state index contributed by atoms with van der Waals surface area (Å²) in [7, 11) is 1.24. The van der Waals surface area contributed by atoms with Crippen LogP contribution in [0, 0.1) is 0 Å². The highest BCUT2D eigenvalue weighted by molar-refractivity contribution is 6.03. The molecule has 1 aromatic rings. The molecule has 2 N–H and O–H groups in total. The minimum atomic E-state index is -1.09. The number of hydrogen-bond acceptors (Lipinski definition) is 4. The Kier molecular flexibility index (Phi) is 4.20. The number of nitrogens with zero attached hydrogens (tertiary/aromatic N) is 2. The van der Waals surface area contributed by atoms with Gasteiger partial charge in [0, 0.05) is 19.2 Å². The molecule has 2 rings (SSSR count). The normalized spacial score (nSPS) is 16.8. The molecule has 0 spiro atoms. The topological polar surface area (TPSA) is 99.2 Å². The summed E-state index contributed by atoms with van der Waals surface area (Å²) in [5.74, 6) is -0.200. The molecule has 0 fully saturated rings. The Labute approximate surface area is 127 Å². The summed E-state index contributed by atoms with van der Waals surface area (Å²) >= 11 is 0. The highest BCUT2D eigenvalue weighted by Crippen LogP contribution is 2.37. The Balaban J connectivity index is 2.50. The maximum absolute atomic E-state index is 11.9. The molecule has 1 atom stereocenters. The van der Waals surface area contributed by atoms with Crippen LogP contribution in [0.2, 0.25) is 0 Å². The summed E-state index contributed by atoms with van der Waals surface area (Å²) in [6.45, 7) is 3.36. The Morgan fingerprint density at radius 1 is 1.32 bits per heavy atom. The number of carboxylic acid groups (broad SMARTS) is 1. The molecule has 3 amide bonds. The number of carbonyl (C=O) groups excluding carboxylic acids is 2. The molecule has 1 unspecified atom stereocenters. The van der Waals surface area contributed by atoms with Crippen molar-refractivity contribution in [2.24, 2.45) is 0 Å². The Hall–Kier alpha value is -2.77. The van der Waals surface area contributed by atoms with Crippen LogP contribution in [-0.2, 0) is 9.53 Å². The van der Waals surface area contributed by atoms with Gasteiger partial charge in [0.1, 0.15) is 0 Å². The summed E-state index contributed by atoms with van der Waals surface area (Å²) in [6, 6.07) is 4.35. The van der Waals surface area contributed by atoms with Crippen LogP contribution >= 0.6 is 0 Å². The van der Waals surface area contributed by atoms with Gasteiger partial charge in [-0.25, -0.2) is 9.59 Å². The van der Waals surface area contributed by atoms with Crippen molar-refractivity contribution in [3.8, 4) is 0 Å². The predicted octanol–water partition coefficient (Wildman–Crippen LogP) is 2.10. The number of carbonyl (C=O) groups is 3. The summed E-state index contributed by atoms with van der Waals surface area (Å²) in [4.78, 5) is 37.2. The standard InChI is InChI=1S/C14H17N3O5/c1-8-7-16(14(20)21)11-5-4-10(15-13(19)22-3)6-12(11)17(8)9(2)18/h4-6,8H,7H2,1-3H3,(H,15,19)(H,20,21). The van der Waals surface area contributed by atoms with E-state index in [2.05, 4.69) is 10.1 Å². The fraction of sp³-hybridized carbons (Fsp3) is 0.357. The van der Waals surface area contributed by atoms with Crippen LogP contribution in [0.4, 0.5) is 26.7 Å². The van der Waals surface area contributed by atoms with Gasteiger partial charge in [0.15, 0.2) is 0 Å². The van der Waals surface area contributed by atoms with Crippen LogP contribution in [0.3, 0.4) is 0 Å². The number of fused-ring (bicyclic) bond motifs is 1. The van der Waals surface area contributed by atoms with E-state index in [4.69, 9.17) is 0 Å². The number of anilines is 3. The minimum absolute atomic E-state index is 0.186. The first-order valence-corrected chi connectivity index (χ1v) is 6.64. The molecule has 0 aromatic heterocycles. The maximum atomic E-state index is 11.9. The van der Waals surface area contributed by atoms with E-state index in [0.717, 1.165) is 0 Å². The van der Waals surface area contributed by atoms with Gasteiger partial charge in [-0.3, -0.25) is 15.0 Å². The first-order chi connectivity index (χ1) is 10.3. The lowest BCUT2D eigenvalue weighted by molar-refractivity contribution is -0.117. The molecule has 0 radical (unpaired) electrons. The fourth-order valence-corrected chi connectivity index (χ4v) is 2.53. The second-order valence-corrected chi connectivity index (χ2v) is 4.95.